The van der Waals surface area contributed by atoms with Crippen LogP contribution in [-0.2, 0) is 16.6 Å². The molecule has 1 rings (SSSR count). The lowest BCUT2D eigenvalue weighted by molar-refractivity contribution is 0.576. The number of pyridine rings is 1. The molecule has 0 amide bonds. The van der Waals surface area contributed by atoms with Gasteiger partial charge in [0.05, 0.1) is 18.0 Å². The summed E-state index contributed by atoms with van der Waals surface area (Å²) in [5.41, 5.74) is 1.76. The van der Waals surface area contributed by atoms with Gasteiger partial charge in [0.15, 0.2) is 0 Å². The third-order valence-electron chi connectivity index (χ3n) is 2.42. The summed E-state index contributed by atoms with van der Waals surface area (Å²) in [7, 11) is -1.40. The number of nitrogens with zero attached hydrogens (tertiary/aromatic N) is 1. The fraction of sp³-hybridized carbons (Fsp3) is 0.545. The van der Waals surface area contributed by atoms with Crippen LogP contribution in [0.15, 0.2) is 18.3 Å². The summed E-state index contributed by atoms with van der Waals surface area (Å²) in [6, 6.07) is 3.75. The molecule has 0 spiro atoms. The molecular formula is C11H19N3O2S. The van der Waals surface area contributed by atoms with Crippen molar-refractivity contribution in [1.82, 2.24) is 15.0 Å². The van der Waals surface area contributed by atoms with Gasteiger partial charge in [0.25, 0.3) is 0 Å². The first-order valence-corrected chi connectivity index (χ1v) is 7.23. The Morgan fingerprint density at radius 2 is 2.18 bits per heavy atom. The summed E-state index contributed by atoms with van der Waals surface area (Å²) in [4.78, 5) is 4.14. The van der Waals surface area contributed by atoms with Crippen LogP contribution in [0.3, 0.4) is 0 Å². The lowest BCUT2D eigenvalue weighted by Gasteiger charge is -2.07. The molecule has 0 aliphatic heterocycles. The Kier molecular flexibility index (Phi) is 5.54. The highest BCUT2D eigenvalue weighted by molar-refractivity contribution is 7.89. The molecule has 1 aromatic rings. The fourth-order valence-electron chi connectivity index (χ4n) is 1.39. The van der Waals surface area contributed by atoms with Crippen molar-refractivity contribution in [3.63, 3.8) is 0 Å². The van der Waals surface area contributed by atoms with Crippen molar-refractivity contribution in [2.45, 2.75) is 19.9 Å². The summed E-state index contributed by atoms with van der Waals surface area (Å²) < 4.78 is 25.8. The van der Waals surface area contributed by atoms with E-state index in [2.05, 4.69) is 15.0 Å². The van der Waals surface area contributed by atoms with Crippen LogP contribution >= 0.6 is 0 Å². The molecule has 0 saturated carbocycles. The lowest BCUT2D eigenvalue weighted by atomic mass is 10.2. The fourth-order valence-corrected chi connectivity index (χ4v) is 2.42. The smallest absolute Gasteiger partial charge is 0.211 e. The molecule has 6 heteroatoms. The van der Waals surface area contributed by atoms with Crippen molar-refractivity contribution in [3.8, 4) is 0 Å². The molecule has 1 heterocycles. The van der Waals surface area contributed by atoms with Gasteiger partial charge in [-0.15, -0.1) is 0 Å². The van der Waals surface area contributed by atoms with Gasteiger partial charge in [-0.3, -0.25) is 4.98 Å². The van der Waals surface area contributed by atoms with Gasteiger partial charge < -0.3 is 5.32 Å². The van der Waals surface area contributed by atoms with Crippen molar-refractivity contribution in [3.05, 3.63) is 29.6 Å². The van der Waals surface area contributed by atoms with E-state index in [4.69, 9.17) is 0 Å². The number of hydrogen-bond donors (Lipinski definition) is 2. The van der Waals surface area contributed by atoms with Crippen LogP contribution in [0, 0.1) is 6.92 Å². The Balaban J connectivity index is 2.47. The maximum Gasteiger partial charge on any atom is 0.211 e. The van der Waals surface area contributed by atoms with Crippen LogP contribution in [-0.4, -0.2) is 32.7 Å². The van der Waals surface area contributed by atoms with Gasteiger partial charge in [-0.1, -0.05) is 6.07 Å². The van der Waals surface area contributed by atoms with E-state index >= 15 is 0 Å². The summed E-state index contributed by atoms with van der Waals surface area (Å²) >= 11 is 0. The minimum atomic E-state index is -3.20. The SMILES string of the molecule is CNCCCS(=O)(=O)NCc1ncccc1C. The molecule has 17 heavy (non-hydrogen) atoms. The maximum absolute atomic E-state index is 11.6. The van der Waals surface area contributed by atoms with Gasteiger partial charge >= 0.3 is 0 Å². The molecule has 0 fully saturated rings. The highest BCUT2D eigenvalue weighted by Gasteiger charge is 2.10. The zero-order valence-electron chi connectivity index (χ0n) is 10.2. The number of nitrogens with one attached hydrogen (secondary N) is 2. The molecule has 0 atom stereocenters. The Morgan fingerprint density at radius 3 is 2.82 bits per heavy atom. The van der Waals surface area contributed by atoms with E-state index in [0.29, 0.717) is 13.0 Å². The van der Waals surface area contributed by atoms with Crippen molar-refractivity contribution < 1.29 is 8.42 Å². The Bertz CT molecular complexity index is 446. The quantitative estimate of drug-likeness (QED) is 0.694. The predicted octanol–water partition coefficient (Wildman–Crippen LogP) is 0.419. The molecule has 5 nitrogen and oxygen atoms in total. The molecule has 0 unspecified atom stereocenters. The van der Waals surface area contributed by atoms with E-state index in [-0.39, 0.29) is 12.3 Å². The number of aryl methyl sites for hydroxylation is 1. The summed E-state index contributed by atoms with van der Waals surface area (Å²) in [6.07, 6.45) is 2.27. The highest BCUT2D eigenvalue weighted by atomic mass is 32.2. The van der Waals surface area contributed by atoms with Crippen molar-refractivity contribution >= 4 is 10.0 Å². The van der Waals surface area contributed by atoms with Crippen molar-refractivity contribution in [1.29, 1.82) is 0 Å². The standard InChI is InChI=1S/C11H19N3O2S/c1-10-5-3-7-13-11(10)9-14-17(15,16)8-4-6-12-2/h3,5,7,12,14H,4,6,8-9H2,1-2H3. The van der Waals surface area contributed by atoms with Gasteiger partial charge in [0.1, 0.15) is 0 Å². The molecule has 0 bridgehead atoms. The van der Waals surface area contributed by atoms with E-state index in [1.807, 2.05) is 19.1 Å². The van der Waals surface area contributed by atoms with Crippen LogP contribution in [0.1, 0.15) is 17.7 Å². The molecular weight excluding hydrogens is 238 g/mol. The van der Waals surface area contributed by atoms with Crippen LogP contribution in [0.5, 0.6) is 0 Å². The van der Waals surface area contributed by atoms with Gasteiger partial charge in [0.2, 0.25) is 10.0 Å². The number of rotatable bonds is 7. The van der Waals surface area contributed by atoms with Crippen LogP contribution < -0.4 is 10.0 Å². The van der Waals surface area contributed by atoms with E-state index < -0.39 is 10.0 Å². The summed E-state index contributed by atoms with van der Waals surface area (Å²) in [5, 5.41) is 2.92. The van der Waals surface area contributed by atoms with E-state index in [9.17, 15) is 8.42 Å². The zero-order chi connectivity index (χ0) is 12.7. The summed E-state index contributed by atoms with van der Waals surface area (Å²) in [5.74, 6) is 0.139. The average Bonchev–Trinajstić information content (AvgIpc) is 2.28. The molecule has 0 aliphatic rings. The van der Waals surface area contributed by atoms with Crippen molar-refractivity contribution in [2.75, 3.05) is 19.3 Å². The highest BCUT2D eigenvalue weighted by Crippen LogP contribution is 2.03. The number of hydrogen-bond acceptors (Lipinski definition) is 4. The average molecular weight is 257 g/mol. The van der Waals surface area contributed by atoms with Gasteiger partial charge in [-0.2, -0.15) is 0 Å². The van der Waals surface area contributed by atoms with Crippen LogP contribution in [0.2, 0.25) is 0 Å². The molecule has 0 aromatic carbocycles. The molecule has 0 radical (unpaired) electrons. The van der Waals surface area contributed by atoms with E-state index in [0.717, 1.165) is 11.3 Å². The minimum Gasteiger partial charge on any atom is -0.320 e. The normalized spacial score (nSPS) is 11.6. The molecule has 1 aromatic heterocycles. The minimum absolute atomic E-state index is 0.139. The second kappa shape index (κ2) is 6.68. The molecule has 96 valence electrons. The Hall–Kier alpha value is -0.980. The number of sulfonamides is 1. The topological polar surface area (TPSA) is 71.1 Å². The molecule has 0 saturated heterocycles. The predicted molar refractivity (Wildman–Crippen MR) is 68.1 cm³/mol. The van der Waals surface area contributed by atoms with E-state index in [1.54, 1.807) is 13.2 Å². The van der Waals surface area contributed by atoms with E-state index in [1.165, 1.54) is 0 Å². The van der Waals surface area contributed by atoms with Gasteiger partial charge in [-0.05, 0) is 38.6 Å². The maximum atomic E-state index is 11.6. The second-order valence-corrected chi connectivity index (χ2v) is 5.79. The molecule has 2 N–H and O–H groups in total. The third-order valence-corrected chi connectivity index (χ3v) is 3.83. The monoisotopic (exact) mass is 257 g/mol. The zero-order valence-corrected chi connectivity index (χ0v) is 11.0. The first-order valence-electron chi connectivity index (χ1n) is 5.57. The Labute approximate surface area is 103 Å². The molecule has 0 aliphatic carbocycles. The van der Waals surface area contributed by atoms with Gasteiger partial charge in [-0.25, -0.2) is 13.1 Å². The second-order valence-electron chi connectivity index (χ2n) is 3.86. The Morgan fingerprint density at radius 1 is 1.41 bits per heavy atom. The van der Waals surface area contributed by atoms with Gasteiger partial charge in [0, 0.05) is 6.20 Å². The largest absolute Gasteiger partial charge is 0.320 e. The van der Waals surface area contributed by atoms with Crippen LogP contribution in [0.25, 0.3) is 0 Å². The lowest BCUT2D eigenvalue weighted by Crippen LogP contribution is -2.28. The van der Waals surface area contributed by atoms with Crippen molar-refractivity contribution in [2.24, 2.45) is 0 Å². The number of aromatic nitrogens is 1. The first-order chi connectivity index (χ1) is 8.05. The van der Waals surface area contributed by atoms with Crippen LogP contribution in [0.4, 0.5) is 0 Å². The first kappa shape index (κ1) is 14.1. The summed E-state index contributed by atoms with van der Waals surface area (Å²) in [6.45, 7) is 2.87. The third kappa shape index (κ3) is 5.25.